The average Bonchev–Trinajstić information content (AvgIpc) is 3.54. The van der Waals surface area contributed by atoms with Crippen LogP contribution in [0.25, 0.3) is 10.9 Å². The molecule has 11 nitrogen and oxygen atoms in total. The summed E-state index contributed by atoms with van der Waals surface area (Å²) in [5.74, 6) is 0.349. The van der Waals surface area contributed by atoms with Gasteiger partial charge in [-0.15, -0.1) is 18.8 Å². The fraction of sp³-hybridized carbons (Fsp3) is 0.419. The molecule has 3 aromatic rings. The molecule has 0 bridgehead atoms. The first kappa shape index (κ1) is 36.7. The highest BCUT2D eigenvalue weighted by atomic mass is 35.5. The van der Waals surface area contributed by atoms with Gasteiger partial charge in [0.2, 0.25) is 11.8 Å². The highest BCUT2D eigenvalue weighted by Crippen LogP contribution is 2.35. The molecule has 1 aliphatic rings. The minimum absolute atomic E-state index is 0. The van der Waals surface area contributed by atoms with E-state index in [-0.39, 0.29) is 48.2 Å². The lowest BCUT2D eigenvalue weighted by Crippen LogP contribution is -2.57. The number of nitrogens with zero attached hydrogens (tertiary/aromatic N) is 3. The highest BCUT2D eigenvalue weighted by Gasteiger charge is 2.39. The average molecular weight is 681 g/mol. The van der Waals surface area contributed by atoms with Gasteiger partial charge in [0, 0.05) is 30.6 Å². The smallest absolute Gasteiger partial charge is 0.247 e. The first-order valence-electron chi connectivity index (χ1n) is 14.4. The summed E-state index contributed by atoms with van der Waals surface area (Å²) in [7, 11) is 3.27. The molecule has 1 fully saturated rings. The predicted molar refractivity (Wildman–Crippen MR) is 176 cm³/mol. The van der Waals surface area contributed by atoms with Crippen LogP contribution in [0.4, 0.5) is 26.0 Å². The fourth-order valence-electron chi connectivity index (χ4n) is 5.03. The van der Waals surface area contributed by atoms with Crippen molar-refractivity contribution in [2.75, 3.05) is 44.5 Å². The molecule has 0 saturated carbocycles. The number of hydrogen-bond acceptors (Lipinski definition) is 9. The van der Waals surface area contributed by atoms with Crippen LogP contribution in [0.5, 0.6) is 5.75 Å². The van der Waals surface area contributed by atoms with Crippen molar-refractivity contribution in [1.82, 2.24) is 25.5 Å². The van der Waals surface area contributed by atoms with Gasteiger partial charge in [0.15, 0.2) is 5.82 Å². The molecule has 2 aromatic carbocycles. The molecular weight excluding hydrogens is 643 g/mol. The van der Waals surface area contributed by atoms with Crippen molar-refractivity contribution in [3.05, 3.63) is 47.2 Å². The Balaban J connectivity index is 0.00000576. The second-order valence-electron chi connectivity index (χ2n) is 10.6. The Morgan fingerprint density at radius 3 is 2.67 bits per heavy atom. The molecule has 4 N–H and O–H groups in total. The summed E-state index contributed by atoms with van der Waals surface area (Å²) in [6.45, 7) is 4.66. The number of methoxy groups -OCH3 is 1. The lowest BCUT2D eigenvalue weighted by Gasteiger charge is -2.32. The van der Waals surface area contributed by atoms with Crippen LogP contribution >= 0.6 is 24.0 Å². The van der Waals surface area contributed by atoms with Crippen molar-refractivity contribution in [2.24, 2.45) is 0 Å². The summed E-state index contributed by atoms with van der Waals surface area (Å²) >= 11 is 5.75. The van der Waals surface area contributed by atoms with Crippen molar-refractivity contribution in [3.63, 3.8) is 0 Å². The molecule has 1 aromatic heterocycles. The minimum Gasteiger partial charge on any atom is -0.494 e. The van der Waals surface area contributed by atoms with Crippen LogP contribution in [0.1, 0.15) is 26.7 Å². The largest absolute Gasteiger partial charge is 0.494 e. The van der Waals surface area contributed by atoms with Crippen molar-refractivity contribution < 1.29 is 27.8 Å². The van der Waals surface area contributed by atoms with Gasteiger partial charge in [-0.05, 0) is 51.9 Å². The van der Waals surface area contributed by atoms with Gasteiger partial charge in [-0.3, -0.25) is 9.59 Å². The molecule has 4 atom stereocenters. The molecule has 0 unspecified atom stereocenters. The molecule has 1 aliphatic heterocycles. The number of terminal acetylenes is 1. The number of aromatic nitrogens is 2. The van der Waals surface area contributed by atoms with Crippen LogP contribution in [0.2, 0.25) is 5.02 Å². The van der Waals surface area contributed by atoms with Crippen molar-refractivity contribution in [1.29, 1.82) is 0 Å². The maximum Gasteiger partial charge on any atom is 0.247 e. The number of halogens is 4. The molecule has 0 aliphatic carbocycles. The number of likely N-dealkylation sites (N-methyl/N-ethyl adjacent to an activating group) is 1. The van der Waals surface area contributed by atoms with Crippen molar-refractivity contribution in [3.8, 4) is 18.1 Å². The second-order valence-corrected chi connectivity index (χ2v) is 11.0. The van der Waals surface area contributed by atoms with E-state index in [1.165, 1.54) is 19.5 Å². The van der Waals surface area contributed by atoms with E-state index in [1.807, 2.05) is 14.0 Å². The van der Waals surface area contributed by atoms with Crippen LogP contribution in [0.15, 0.2) is 30.6 Å². The Morgan fingerprint density at radius 2 is 1.98 bits per heavy atom. The van der Waals surface area contributed by atoms with Crippen LogP contribution < -0.4 is 26.0 Å². The molecule has 4 rings (SSSR count). The third-order valence-electron chi connectivity index (χ3n) is 7.64. The molecular formula is C31H37Cl2F2N7O4. The van der Waals surface area contributed by atoms with Crippen LogP contribution in [-0.2, 0) is 14.3 Å². The Labute approximate surface area is 277 Å². The Hall–Kier alpha value is -3.80. The summed E-state index contributed by atoms with van der Waals surface area (Å²) in [5, 5.41) is 11.9. The van der Waals surface area contributed by atoms with E-state index in [0.717, 1.165) is 6.07 Å². The summed E-state index contributed by atoms with van der Waals surface area (Å²) in [6, 6.07) is 3.99. The van der Waals surface area contributed by atoms with E-state index < -0.39 is 40.8 Å². The maximum absolute atomic E-state index is 14.7. The number of hydrogen-bond donors (Lipinski definition) is 4. The van der Waals surface area contributed by atoms with E-state index in [9.17, 15) is 18.4 Å². The maximum atomic E-state index is 14.7. The SMILES string of the molecule is C#CCO[C@H](C)[C@H](NC[C@H](C)NC)C(=O)N1CCC[C@H]1C(=O)Nc1cc2c(Nc3ccc(F)c(Cl)c3F)ncnc2cc1OC.Cl. The van der Waals surface area contributed by atoms with Crippen LogP contribution in [0.3, 0.4) is 0 Å². The van der Waals surface area contributed by atoms with Crippen molar-refractivity contribution >= 4 is 63.9 Å². The lowest BCUT2D eigenvalue weighted by molar-refractivity contribution is -0.141. The van der Waals surface area contributed by atoms with E-state index in [2.05, 4.69) is 37.2 Å². The zero-order chi connectivity index (χ0) is 32.7. The van der Waals surface area contributed by atoms with E-state index in [0.29, 0.717) is 42.6 Å². The lowest BCUT2D eigenvalue weighted by atomic mass is 10.1. The number of amides is 2. The predicted octanol–water partition coefficient (Wildman–Crippen LogP) is 4.27. The van der Waals surface area contributed by atoms with Crippen molar-refractivity contribution in [2.45, 2.75) is 50.9 Å². The van der Waals surface area contributed by atoms with Gasteiger partial charge < -0.3 is 35.6 Å². The quantitative estimate of drug-likeness (QED) is 0.155. The number of anilines is 3. The summed E-state index contributed by atoms with van der Waals surface area (Å²) in [6.07, 6.45) is 7.17. The summed E-state index contributed by atoms with van der Waals surface area (Å²) < 4.78 is 39.6. The zero-order valence-electron chi connectivity index (χ0n) is 25.8. The standard InChI is InChI=1S/C31H36ClF2N7O4.ClH/c1-6-12-45-18(3)28(36-15-17(2)35-4)31(43)41-11-7-8-24(41)30(42)40-23-13-19-22(14-25(23)44-5)37-16-38-29(19)39-21-10-9-20(33)26(32)27(21)34;/h1,9-10,13-14,16-18,24,28,35-36H,7-8,11-12,15H2,2-5H3,(H,40,42)(H,37,38,39);1H/t17-,18+,24-,28-;/m0./s1. The third-order valence-corrected chi connectivity index (χ3v) is 7.99. The van der Waals surface area contributed by atoms with Crippen LogP contribution in [0, 0.1) is 24.0 Å². The van der Waals surface area contributed by atoms with Gasteiger partial charge in [-0.25, -0.2) is 18.7 Å². The Bertz CT molecular complexity index is 1590. The zero-order valence-corrected chi connectivity index (χ0v) is 27.4. The normalized spacial score (nSPS) is 16.2. The van der Waals surface area contributed by atoms with Gasteiger partial charge in [0.25, 0.3) is 0 Å². The number of nitrogens with one attached hydrogen (secondary N) is 4. The molecule has 2 amide bonds. The van der Waals surface area contributed by atoms with Crippen LogP contribution in [-0.4, -0.2) is 84.8 Å². The number of fused-ring (bicyclic) bond motifs is 1. The molecule has 248 valence electrons. The Kier molecular flexibility index (Phi) is 13.3. The molecule has 0 radical (unpaired) electrons. The summed E-state index contributed by atoms with van der Waals surface area (Å²) in [5.41, 5.74) is 0.614. The van der Waals surface area contributed by atoms with Gasteiger partial charge in [0.1, 0.15) is 47.4 Å². The molecule has 1 saturated heterocycles. The summed E-state index contributed by atoms with van der Waals surface area (Å²) in [4.78, 5) is 37.6. The van der Waals surface area contributed by atoms with E-state index in [1.54, 1.807) is 24.0 Å². The van der Waals surface area contributed by atoms with Gasteiger partial charge in [-0.1, -0.05) is 17.5 Å². The monoisotopic (exact) mass is 679 g/mol. The van der Waals surface area contributed by atoms with E-state index in [4.69, 9.17) is 27.5 Å². The van der Waals surface area contributed by atoms with Gasteiger partial charge in [0.05, 0.1) is 30.1 Å². The molecule has 0 spiro atoms. The fourth-order valence-corrected chi connectivity index (χ4v) is 5.20. The highest BCUT2D eigenvalue weighted by molar-refractivity contribution is 6.31. The van der Waals surface area contributed by atoms with Gasteiger partial charge in [-0.2, -0.15) is 0 Å². The number of ether oxygens (including phenoxy) is 2. The Morgan fingerprint density at radius 1 is 1.22 bits per heavy atom. The minimum atomic E-state index is -0.983. The van der Waals surface area contributed by atoms with E-state index >= 15 is 0 Å². The molecule has 2 heterocycles. The number of benzene rings is 2. The molecule has 46 heavy (non-hydrogen) atoms. The first-order valence-corrected chi connectivity index (χ1v) is 14.8. The molecule has 15 heteroatoms. The van der Waals surface area contributed by atoms with Gasteiger partial charge >= 0.3 is 0 Å². The third kappa shape index (κ3) is 8.31. The number of carbonyl (C=O) groups is 2. The first-order chi connectivity index (χ1) is 21.6. The second kappa shape index (κ2) is 16.7. The number of rotatable bonds is 13. The number of likely N-dealkylation sites (tertiary alicyclic amines) is 1. The number of carbonyl (C=O) groups excluding carboxylic acids is 2. The topological polar surface area (TPSA) is 130 Å².